The van der Waals surface area contributed by atoms with Crippen LogP contribution >= 0.6 is 0 Å². The number of nitrogens with one attached hydrogen (secondary N) is 1. The molecule has 1 fully saturated rings. The summed E-state index contributed by atoms with van der Waals surface area (Å²) in [5.41, 5.74) is 2.09. The Bertz CT molecular complexity index is 377. The fraction of sp³-hybridized carbons (Fsp3) is 0.600. The quantitative estimate of drug-likeness (QED) is 0.862. The Morgan fingerprint density at radius 1 is 1.39 bits per heavy atom. The van der Waals surface area contributed by atoms with Crippen LogP contribution in [-0.2, 0) is 4.74 Å². The van der Waals surface area contributed by atoms with Gasteiger partial charge in [0.2, 0.25) is 0 Å². The van der Waals surface area contributed by atoms with E-state index in [4.69, 9.17) is 4.74 Å². The SMILES string of the molecule is CCC1CC(CO)(Nc2ccc(C)cc2)CCO1. The summed E-state index contributed by atoms with van der Waals surface area (Å²) in [5, 5.41) is 13.3. The van der Waals surface area contributed by atoms with Gasteiger partial charge in [0.25, 0.3) is 0 Å². The first-order chi connectivity index (χ1) is 8.67. The summed E-state index contributed by atoms with van der Waals surface area (Å²) in [6, 6.07) is 8.32. The molecule has 2 unspecified atom stereocenters. The number of aliphatic hydroxyl groups is 1. The van der Waals surface area contributed by atoms with Crippen LogP contribution in [0.5, 0.6) is 0 Å². The van der Waals surface area contributed by atoms with Gasteiger partial charge in [0.05, 0.1) is 18.2 Å². The first-order valence-electron chi connectivity index (χ1n) is 6.75. The van der Waals surface area contributed by atoms with Crippen molar-refractivity contribution in [2.45, 2.75) is 44.8 Å². The van der Waals surface area contributed by atoms with E-state index in [-0.39, 0.29) is 18.2 Å². The van der Waals surface area contributed by atoms with Gasteiger partial charge in [-0.2, -0.15) is 0 Å². The Labute approximate surface area is 109 Å². The molecule has 2 atom stereocenters. The molecule has 1 aliphatic heterocycles. The molecular weight excluding hydrogens is 226 g/mol. The molecule has 0 spiro atoms. The van der Waals surface area contributed by atoms with E-state index in [1.807, 2.05) is 0 Å². The monoisotopic (exact) mass is 249 g/mol. The van der Waals surface area contributed by atoms with Crippen LogP contribution < -0.4 is 5.32 Å². The Kier molecular flexibility index (Phi) is 4.25. The molecule has 1 heterocycles. The average molecular weight is 249 g/mol. The topological polar surface area (TPSA) is 41.5 Å². The third-order valence-corrected chi connectivity index (χ3v) is 3.77. The minimum absolute atomic E-state index is 0.154. The molecule has 1 saturated heterocycles. The van der Waals surface area contributed by atoms with Crippen molar-refractivity contribution in [2.75, 3.05) is 18.5 Å². The van der Waals surface area contributed by atoms with Crippen LogP contribution in [-0.4, -0.2) is 30.0 Å². The summed E-state index contributed by atoms with van der Waals surface area (Å²) >= 11 is 0. The Hall–Kier alpha value is -1.06. The molecule has 0 aliphatic carbocycles. The van der Waals surface area contributed by atoms with Crippen molar-refractivity contribution in [1.82, 2.24) is 0 Å². The largest absolute Gasteiger partial charge is 0.394 e. The highest BCUT2D eigenvalue weighted by atomic mass is 16.5. The molecule has 0 bridgehead atoms. The van der Waals surface area contributed by atoms with E-state index < -0.39 is 0 Å². The number of ether oxygens (including phenoxy) is 1. The van der Waals surface area contributed by atoms with E-state index in [0.717, 1.165) is 31.6 Å². The second kappa shape index (κ2) is 5.72. The predicted molar refractivity (Wildman–Crippen MR) is 73.9 cm³/mol. The summed E-state index contributed by atoms with van der Waals surface area (Å²) < 4.78 is 5.69. The fourth-order valence-corrected chi connectivity index (χ4v) is 2.52. The van der Waals surface area contributed by atoms with Crippen LogP contribution in [0.1, 0.15) is 31.7 Å². The molecule has 100 valence electrons. The normalized spacial score (nSPS) is 28.1. The number of hydrogen-bond donors (Lipinski definition) is 2. The summed E-state index contributed by atoms with van der Waals surface area (Å²) in [4.78, 5) is 0. The summed E-state index contributed by atoms with van der Waals surface area (Å²) in [6.45, 7) is 5.08. The molecule has 1 aliphatic rings. The predicted octanol–water partition coefficient (Wildman–Crippen LogP) is 2.73. The number of aliphatic hydroxyl groups excluding tert-OH is 1. The third kappa shape index (κ3) is 3.03. The fourth-order valence-electron chi connectivity index (χ4n) is 2.52. The van der Waals surface area contributed by atoms with Crippen molar-refractivity contribution in [2.24, 2.45) is 0 Å². The van der Waals surface area contributed by atoms with Gasteiger partial charge >= 0.3 is 0 Å². The smallest absolute Gasteiger partial charge is 0.0663 e. The van der Waals surface area contributed by atoms with Crippen molar-refractivity contribution in [3.05, 3.63) is 29.8 Å². The van der Waals surface area contributed by atoms with E-state index in [0.29, 0.717) is 0 Å². The molecule has 0 amide bonds. The zero-order valence-electron chi connectivity index (χ0n) is 11.3. The summed E-state index contributed by atoms with van der Waals surface area (Å²) in [7, 11) is 0. The van der Waals surface area contributed by atoms with Crippen LogP contribution in [0.3, 0.4) is 0 Å². The van der Waals surface area contributed by atoms with Crippen molar-refractivity contribution in [1.29, 1.82) is 0 Å². The third-order valence-electron chi connectivity index (χ3n) is 3.77. The van der Waals surface area contributed by atoms with E-state index in [2.05, 4.69) is 43.4 Å². The first-order valence-corrected chi connectivity index (χ1v) is 6.75. The van der Waals surface area contributed by atoms with Gasteiger partial charge in [0.1, 0.15) is 0 Å². The molecule has 0 aromatic heterocycles. The molecule has 2 N–H and O–H groups in total. The number of hydrogen-bond acceptors (Lipinski definition) is 3. The minimum Gasteiger partial charge on any atom is -0.394 e. The maximum atomic E-state index is 9.75. The molecule has 3 heteroatoms. The summed E-state index contributed by atoms with van der Waals surface area (Å²) in [6.07, 6.45) is 2.97. The number of benzene rings is 1. The van der Waals surface area contributed by atoms with Gasteiger partial charge in [-0.1, -0.05) is 24.6 Å². The maximum Gasteiger partial charge on any atom is 0.0663 e. The second-order valence-corrected chi connectivity index (χ2v) is 5.28. The van der Waals surface area contributed by atoms with Gasteiger partial charge in [0.15, 0.2) is 0 Å². The molecule has 1 aromatic rings. The van der Waals surface area contributed by atoms with Gasteiger partial charge in [-0.15, -0.1) is 0 Å². The van der Waals surface area contributed by atoms with Gasteiger partial charge in [-0.3, -0.25) is 0 Å². The van der Waals surface area contributed by atoms with Crippen molar-refractivity contribution >= 4 is 5.69 Å². The van der Waals surface area contributed by atoms with Crippen LogP contribution in [0, 0.1) is 6.92 Å². The van der Waals surface area contributed by atoms with Crippen molar-refractivity contribution in [3.8, 4) is 0 Å². The highest BCUT2D eigenvalue weighted by molar-refractivity contribution is 5.47. The van der Waals surface area contributed by atoms with Gasteiger partial charge < -0.3 is 15.2 Å². The van der Waals surface area contributed by atoms with E-state index in [1.165, 1.54) is 5.56 Å². The Morgan fingerprint density at radius 3 is 2.72 bits per heavy atom. The second-order valence-electron chi connectivity index (χ2n) is 5.28. The molecule has 0 saturated carbocycles. The Morgan fingerprint density at radius 2 is 2.11 bits per heavy atom. The Balaban J connectivity index is 2.09. The van der Waals surface area contributed by atoms with E-state index >= 15 is 0 Å². The number of aryl methyl sites for hydroxylation is 1. The molecular formula is C15H23NO2. The average Bonchev–Trinajstić information content (AvgIpc) is 2.42. The lowest BCUT2D eigenvalue weighted by molar-refractivity contribution is -0.0273. The van der Waals surface area contributed by atoms with Crippen LogP contribution in [0.15, 0.2) is 24.3 Å². The first kappa shape index (κ1) is 13.4. The molecule has 2 rings (SSSR count). The van der Waals surface area contributed by atoms with E-state index in [1.54, 1.807) is 0 Å². The highest BCUT2D eigenvalue weighted by Crippen LogP contribution is 2.30. The van der Waals surface area contributed by atoms with Gasteiger partial charge in [-0.25, -0.2) is 0 Å². The maximum absolute atomic E-state index is 9.75. The minimum atomic E-state index is -0.228. The molecule has 3 nitrogen and oxygen atoms in total. The standard InChI is InChI=1S/C15H23NO2/c1-3-14-10-15(11-17,8-9-18-14)16-13-6-4-12(2)5-7-13/h4-7,14,16-17H,3,8-11H2,1-2H3. The van der Waals surface area contributed by atoms with Crippen molar-refractivity contribution in [3.63, 3.8) is 0 Å². The lowest BCUT2D eigenvalue weighted by atomic mass is 9.86. The molecule has 1 aromatic carbocycles. The van der Waals surface area contributed by atoms with Crippen molar-refractivity contribution < 1.29 is 9.84 Å². The number of rotatable bonds is 4. The zero-order chi connectivity index (χ0) is 13.0. The van der Waals surface area contributed by atoms with Crippen LogP contribution in [0.25, 0.3) is 0 Å². The van der Waals surface area contributed by atoms with E-state index in [9.17, 15) is 5.11 Å². The zero-order valence-corrected chi connectivity index (χ0v) is 11.3. The lowest BCUT2D eigenvalue weighted by Crippen LogP contribution is -2.49. The molecule has 0 radical (unpaired) electrons. The van der Waals surface area contributed by atoms with Gasteiger partial charge in [0, 0.05) is 12.3 Å². The lowest BCUT2D eigenvalue weighted by Gasteiger charge is -2.41. The number of anilines is 1. The van der Waals surface area contributed by atoms with Gasteiger partial charge in [-0.05, 0) is 38.3 Å². The summed E-state index contributed by atoms with van der Waals surface area (Å²) in [5.74, 6) is 0. The highest BCUT2D eigenvalue weighted by Gasteiger charge is 2.35. The van der Waals surface area contributed by atoms with Crippen LogP contribution in [0.4, 0.5) is 5.69 Å². The molecule has 18 heavy (non-hydrogen) atoms. The van der Waals surface area contributed by atoms with Crippen LogP contribution in [0.2, 0.25) is 0 Å².